The minimum absolute atomic E-state index is 0.232. The maximum Gasteiger partial charge on any atom is 0.335 e. The van der Waals surface area contributed by atoms with Gasteiger partial charge in [-0.25, -0.2) is 17.5 Å². The van der Waals surface area contributed by atoms with Crippen LogP contribution in [0.2, 0.25) is 0 Å². The summed E-state index contributed by atoms with van der Waals surface area (Å²) in [5, 5.41) is 2.96. The highest BCUT2D eigenvalue weighted by molar-refractivity contribution is 7.88. The fourth-order valence-electron chi connectivity index (χ4n) is 4.54. The highest BCUT2D eigenvalue weighted by atomic mass is 32.2. The van der Waals surface area contributed by atoms with Crippen molar-refractivity contribution in [2.75, 3.05) is 45.5 Å². The molecule has 2 heterocycles. The van der Waals surface area contributed by atoms with Crippen molar-refractivity contribution in [2.45, 2.75) is 59.5 Å². The van der Waals surface area contributed by atoms with Crippen LogP contribution in [0.4, 0.5) is 0 Å². The molecule has 1 fully saturated rings. The highest BCUT2D eigenvalue weighted by Gasteiger charge is 2.51. The van der Waals surface area contributed by atoms with Crippen LogP contribution in [0.3, 0.4) is 0 Å². The second-order valence-electron chi connectivity index (χ2n) is 9.70. The lowest BCUT2D eigenvalue weighted by Gasteiger charge is -2.38. The van der Waals surface area contributed by atoms with Crippen LogP contribution in [-0.4, -0.2) is 80.6 Å². The van der Waals surface area contributed by atoms with Crippen molar-refractivity contribution in [3.63, 3.8) is 0 Å². The van der Waals surface area contributed by atoms with Gasteiger partial charge < -0.3 is 15.0 Å². The fraction of sp³-hybridized carbons (Fsp3) is 0.818. The van der Waals surface area contributed by atoms with Crippen molar-refractivity contribution in [1.29, 1.82) is 0 Å². The highest BCUT2D eigenvalue weighted by Crippen LogP contribution is 2.41. The number of amides is 1. The zero-order chi connectivity index (χ0) is 23.4. The third-order valence-corrected chi connectivity index (χ3v) is 7.14. The number of carbonyl (C=O) groups is 2. The van der Waals surface area contributed by atoms with Gasteiger partial charge in [-0.1, -0.05) is 27.7 Å². The third-order valence-electron chi connectivity index (χ3n) is 5.83. The van der Waals surface area contributed by atoms with E-state index in [0.717, 1.165) is 26.1 Å². The molecule has 1 amide bonds. The molecule has 1 spiro atoms. The van der Waals surface area contributed by atoms with Crippen molar-refractivity contribution in [2.24, 2.45) is 11.8 Å². The molecular weight excluding hydrogens is 418 g/mol. The molecule has 31 heavy (non-hydrogen) atoms. The van der Waals surface area contributed by atoms with Gasteiger partial charge in [0.2, 0.25) is 10.0 Å². The summed E-state index contributed by atoms with van der Waals surface area (Å²) in [5.41, 5.74) is -0.327. The Balaban J connectivity index is 1.97. The van der Waals surface area contributed by atoms with Crippen LogP contribution in [0.5, 0.6) is 0 Å². The van der Waals surface area contributed by atoms with Crippen molar-refractivity contribution in [1.82, 2.24) is 14.5 Å². The standard InChI is InChI=1S/C22H39N3O5S/c1-16(2)14-24(15-17(3)4)11-7-10-23-20(26)19-18(5)21(27)30-22(19)8-12-25(13-9-22)31(6,28)29/h16-17H,7-15H2,1-6H3,(H,23,26). The molecule has 2 rings (SSSR count). The molecule has 1 saturated heterocycles. The number of piperidine rings is 1. The van der Waals surface area contributed by atoms with Gasteiger partial charge >= 0.3 is 5.97 Å². The normalized spacial score (nSPS) is 19.7. The molecule has 0 atom stereocenters. The maximum absolute atomic E-state index is 13.0. The second-order valence-corrected chi connectivity index (χ2v) is 11.7. The van der Waals surface area contributed by atoms with Gasteiger partial charge in [-0.15, -0.1) is 0 Å². The van der Waals surface area contributed by atoms with E-state index in [0.29, 0.717) is 42.4 Å². The summed E-state index contributed by atoms with van der Waals surface area (Å²) in [6.07, 6.45) is 2.58. The summed E-state index contributed by atoms with van der Waals surface area (Å²) in [4.78, 5) is 27.7. The molecule has 2 aliphatic heterocycles. The van der Waals surface area contributed by atoms with E-state index in [9.17, 15) is 18.0 Å². The van der Waals surface area contributed by atoms with Gasteiger partial charge in [0.1, 0.15) is 5.60 Å². The number of hydrogen-bond acceptors (Lipinski definition) is 6. The van der Waals surface area contributed by atoms with Crippen LogP contribution in [0.25, 0.3) is 0 Å². The van der Waals surface area contributed by atoms with Crippen molar-refractivity contribution >= 4 is 21.9 Å². The van der Waals surface area contributed by atoms with Crippen LogP contribution in [0, 0.1) is 11.8 Å². The van der Waals surface area contributed by atoms with Crippen LogP contribution < -0.4 is 5.32 Å². The van der Waals surface area contributed by atoms with E-state index in [-0.39, 0.29) is 19.0 Å². The number of ether oxygens (including phenoxy) is 1. The van der Waals surface area contributed by atoms with Crippen LogP contribution in [-0.2, 0) is 24.3 Å². The molecular formula is C22H39N3O5S. The Hall–Kier alpha value is -1.45. The minimum atomic E-state index is -3.31. The predicted molar refractivity (Wildman–Crippen MR) is 121 cm³/mol. The molecule has 0 aromatic rings. The lowest BCUT2D eigenvalue weighted by molar-refractivity contribution is -0.150. The molecule has 0 aromatic heterocycles. The van der Waals surface area contributed by atoms with E-state index >= 15 is 0 Å². The number of sulfonamides is 1. The van der Waals surface area contributed by atoms with E-state index in [1.807, 2.05) is 0 Å². The van der Waals surface area contributed by atoms with E-state index in [4.69, 9.17) is 4.74 Å². The summed E-state index contributed by atoms with van der Waals surface area (Å²) in [6.45, 7) is 14.4. The topological polar surface area (TPSA) is 96.0 Å². The Morgan fingerprint density at radius 1 is 1.16 bits per heavy atom. The first kappa shape index (κ1) is 25.8. The smallest absolute Gasteiger partial charge is 0.335 e. The molecule has 0 radical (unpaired) electrons. The molecule has 0 bridgehead atoms. The Morgan fingerprint density at radius 3 is 2.19 bits per heavy atom. The van der Waals surface area contributed by atoms with Gasteiger partial charge in [-0.3, -0.25) is 4.79 Å². The predicted octanol–water partition coefficient (Wildman–Crippen LogP) is 1.77. The zero-order valence-electron chi connectivity index (χ0n) is 19.9. The minimum Gasteiger partial charge on any atom is -0.450 e. The van der Waals surface area contributed by atoms with Gasteiger partial charge in [0.25, 0.3) is 5.91 Å². The first-order valence-electron chi connectivity index (χ1n) is 11.3. The average Bonchev–Trinajstić information content (AvgIpc) is 2.87. The van der Waals surface area contributed by atoms with Gasteiger partial charge in [0, 0.05) is 51.1 Å². The Morgan fingerprint density at radius 2 is 1.71 bits per heavy atom. The molecule has 178 valence electrons. The number of carbonyl (C=O) groups excluding carboxylic acids is 2. The first-order chi connectivity index (χ1) is 14.4. The van der Waals surface area contributed by atoms with Crippen molar-refractivity contribution in [3.8, 4) is 0 Å². The maximum atomic E-state index is 13.0. The number of nitrogens with one attached hydrogen (secondary N) is 1. The van der Waals surface area contributed by atoms with E-state index in [2.05, 4.69) is 37.9 Å². The lowest BCUT2D eigenvalue weighted by atomic mass is 9.83. The third kappa shape index (κ3) is 6.76. The van der Waals surface area contributed by atoms with Crippen LogP contribution >= 0.6 is 0 Å². The molecule has 9 heteroatoms. The molecule has 0 aromatic carbocycles. The van der Waals surface area contributed by atoms with Crippen molar-refractivity contribution in [3.05, 3.63) is 11.1 Å². The molecule has 8 nitrogen and oxygen atoms in total. The Kier molecular flexibility index (Phi) is 8.69. The first-order valence-corrected chi connectivity index (χ1v) is 13.1. The Bertz CT molecular complexity index is 786. The summed E-state index contributed by atoms with van der Waals surface area (Å²) in [5.74, 6) is 0.398. The average molecular weight is 458 g/mol. The summed E-state index contributed by atoms with van der Waals surface area (Å²) in [7, 11) is -3.31. The fourth-order valence-corrected chi connectivity index (χ4v) is 5.39. The van der Waals surface area contributed by atoms with E-state index in [1.165, 1.54) is 10.6 Å². The summed E-state index contributed by atoms with van der Waals surface area (Å²) < 4.78 is 30.6. The molecule has 0 unspecified atom stereocenters. The van der Waals surface area contributed by atoms with E-state index < -0.39 is 21.6 Å². The van der Waals surface area contributed by atoms with Crippen molar-refractivity contribution < 1.29 is 22.7 Å². The second kappa shape index (κ2) is 10.4. The lowest BCUT2D eigenvalue weighted by Crippen LogP contribution is -2.50. The van der Waals surface area contributed by atoms with Crippen LogP contribution in [0.15, 0.2) is 11.1 Å². The molecule has 0 aliphatic carbocycles. The van der Waals surface area contributed by atoms with Crippen LogP contribution in [0.1, 0.15) is 53.9 Å². The molecule has 1 N–H and O–H groups in total. The zero-order valence-corrected chi connectivity index (χ0v) is 20.7. The monoisotopic (exact) mass is 457 g/mol. The Labute approximate surface area is 187 Å². The van der Waals surface area contributed by atoms with Gasteiger partial charge in [-0.2, -0.15) is 0 Å². The van der Waals surface area contributed by atoms with Gasteiger partial charge in [-0.05, 0) is 31.7 Å². The number of hydrogen-bond donors (Lipinski definition) is 1. The van der Waals surface area contributed by atoms with Gasteiger partial charge in [0.15, 0.2) is 0 Å². The quantitative estimate of drug-likeness (QED) is 0.397. The SMILES string of the molecule is CC1=C(C(=O)NCCCN(CC(C)C)CC(C)C)C2(CCN(S(C)(=O)=O)CC2)OC1=O. The summed E-state index contributed by atoms with van der Waals surface area (Å²) in [6, 6.07) is 0. The van der Waals surface area contributed by atoms with E-state index in [1.54, 1.807) is 6.92 Å². The number of rotatable bonds is 10. The summed E-state index contributed by atoms with van der Waals surface area (Å²) >= 11 is 0. The number of nitrogens with zero attached hydrogens (tertiary/aromatic N) is 2. The van der Waals surface area contributed by atoms with Gasteiger partial charge in [0.05, 0.1) is 11.8 Å². The number of esters is 1. The largest absolute Gasteiger partial charge is 0.450 e. The molecule has 2 aliphatic rings. The molecule has 0 saturated carbocycles.